The topological polar surface area (TPSA) is 38.3 Å². The fourth-order valence-electron chi connectivity index (χ4n) is 1.41. The molecule has 0 aliphatic carbocycles. The quantitative estimate of drug-likeness (QED) is 0.840. The van der Waals surface area contributed by atoms with Gasteiger partial charge in [0.1, 0.15) is 5.82 Å². The highest BCUT2D eigenvalue weighted by Gasteiger charge is 2.13. The molecule has 5 heteroatoms. The van der Waals surface area contributed by atoms with E-state index in [1.54, 1.807) is 6.07 Å². The minimum Gasteiger partial charge on any atom is -0.338 e. The monoisotopic (exact) mass is 253 g/mol. The summed E-state index contributed by atoms with van der Waals surface area (Å²) in [6.45, 7) is 0. The van der Waals surface area contributed by atoms with E-state index in [9.17, 15) is 9.18 Å². The molecule has 1 aliphatic rings. The van der Waals surface area contributed by atoms with Crippen LogP contribution < -0.4 is 5.48 Å². The number of hydroxylamine groups is 1. The molecular weight excluding hydrogens is 241 g/mol. The third-order valence-electron chi connectivity index (χ3n) is 2.33. The summed E-state index contributed by atoms with van der Waals surface area (Å²) in [6, 6.07) is 5.74. The van der Waals surface area contributed by atoms with Crippen molar-refractivity contribution in [1.82, 2.24) is 5.48 Å². The lowest BCUT2D eigenvalue weighted by Crippen LogP contribution is -2.22. The molecule has 0 atom stereocenters. The summed E-state index contributed by atoms with van der Waals surface area (Å²) in [5, 5.41) is 0. The molecule has 1 N–H and O–H groups in total. The number of allylic oxidation sites excluding steroid dienone is 1. The third-order valence-corrected chi connectivity index (χ3v) is 3.23. The molecule has 17 heavy (non-hydrogen) atoms. The van der Waals surface area contributed by atoms with E-state index < -0.39 is 11.8 Å². The van der Waals surface area contributed by atoms with E-state index in [0.29, 0.717) is 0 Å². The van der Waals surface area contributed by atoms with Crippen molar-refractivity contribution >= 4 is 17.7 Å². The Labute approximate surface area is 103 Å². The van der Waals surface area contributed by atoms with Crippen molar-refractivity contribution in [2.45, 2.75) is 6.42 Å². The first-order valence-corrected chi connectivity index (χ1v) is 6.41. The highest BCUT2D eigenvalue weighted by molar-refractivity contribution is 7.99. The molecule has 0 fully saturated rings. The average Bonchev–Trinajstić information content (AvgIpc) is 2.38. The second-order valence-corrected chi connectivity index (χ2v) is 4.68. The van der Waals surface area contributed by atoms with Gasteiger partial charge in [0.15, 0.2) is 0 Å². The Balaban J connectivity index is 1.93. The molecular formula is C12H12FNO2S. The number of carbonyl (C=O) groups excluding carboxylic acids is 1. The summed E-state index contributed by atoms with van der Waals surface area (Å²) in [5.74, 6) is 0.616. The van der Waals surface area contributed by atoms with Crippen LogP contribution in [-0.4, -0.2) is 17.5 Å². The average molecular weight is 253 g/mol. The van der Waals surface area contributed by atoms with Crippen molar-refractivity contribution < 1.29 is 14.0 Å². The summed E-state index contributed by atoms with van der Waals surface area (Å²) in [6.07, 6.45) is 2.79. The Hall–Kier alpha value is -1.49. The maximum absolute atomic E-state index is 13.3. The van der Waals surface area contributed by atoms with Crippen molar-refractivity contribution in [3.63, 3.8) is 0 Å². The maximum Gasteiger partial charge on any atom is 0.365 e. The van der Waals surface area contributed by atoms with Crippen LogP contribution in [0.5, 0.6) is 0 Å². The van der Waals surface area contributed by atoms with Crippen molar-refractivity contribution in [2.75, 3.05) is 11.5 Å². The second kappa shape index (κ2) is 5.72. The molecule has 1 aliphatic heterocycles. The van der Waals surface area contributed by atoms with Gasteiger partial charge in [0.25, 0.3) is 0 Å². The zero-order valence-electron chi connectivity index (χ0n) is 9.11. The van der Waals surface area contributed by atoms with Gasteiger partial charge in [-0.3, -0.25) is 0 Å². The van der Waals surface area contributed by atoms with Crippen molar-refractivity contribution in [2.24, 2.45) is 0 Å². The molecule has 0 amide bonds. The highest BCUT2D eigenvalue weighted by atomic mass is 32.2. The van der Waals surface area contributed by atoms with Gasteiger partial charge in [-0.05, 0) is 24.3 Å². The van der Waals surface area contributed by atoms with Gasteiger partial charge in [-0.1, -0.05) is 18.2 Å². The first kappa shape index (κ1) is 12.0. The molecule has 3 nitrogen and oxygen atoms in total. The van der Waals surface area contributed by atoms with Crippen molar-refractivity contribution in [1.29, 1.82) is 0 Å². The minimum atomic E-state index is -0.706. The summed E-state index contributed by atoms with van der Waals surface area (Å²) in [7, 11) is 0. The van der Waals surface area contributed by atoms with E-state index in [1.807, 2.05) is 17.8 Å². The molecule has 1 heterocycles. The lowest BCUT2D eigenvalue weighted by Gasteiger charge is -2.14. The van der Waals surface area contributed by atoms with Crippen LogP contribution >= 0.6 is 11.8 Å². The van der Waals surface area contributed by atoms with Gasteiger partial charge in [-0.15, -0.1) is 0 Å². The third kappa shape index (κ3) is 3.23. The first-order valence-electron chi connectivity index (χ1n) is 5.26. The molecule has 1 aromatic carbocycles. The van der Waals surface area contributed by atoms with Crippen molar-refractivity contribution in [3.05, 3.63) is 47.4 Å². The standard InChI is InChI=1S/C12H12FNO2S/c13-11-4-2-1-3-10(11)12(15)16-14-9-5-7-17-8-6-9/h1-5,14H,6-8H2. The summed E-state index contributed by atoms with van der Waals surface area (Å²) in [5.41, 5.74) is 3.38. The number of benzene rings is 1. The predicted octanol–water partition coefficient (Wildman–Crippen LogP) is 2.51. The van der Waals surface area contributed by atoms with Crippen LogP contribution in [0.1, 0.15) is 16.8 Å². The highest BCUT2D eigenvalue weighted by Crippen LogP contribution is 2.15. The zero-order chi connectivity index (χ0) is 12.1. The SMILES string of the molecule is O=C(ONC1=CCSCC1)c1ccccc1F. The van der Waals surface area contributed by atoms with Gasteiger partial charge >= 0.3 is 5.97 Å². The number of halogens is 1. The largest absolute Gasteiger partial charge is 0.365 e. The van der Waals surface area contributed by atoms with Crippen molar-refractivity contribution in [3.8, 4) is 0 Å². The molecule has 0 saturated carbocycles. The number of nitrogens with one attached hydrogen (secondary N) is 1. The molecule has 2 rings (SSSR count). The lowest BCUT2D eigenvalue weighted by atomic mass is 10.2. The lowest BCUT2D eigenvalue weighted by molar-refractivity contribution is 0.0313. The van der Waals surface area contributed by atoms with E-state index in [0.717, 1.165) is 23.6 Å². The van der Waals surface area contributed by atoms with Gasteiger partial charge in [-0.2, -0.15) is 11.8 Å². The van der Waals surface area contributed by atoms with Crippen LogP contribution in [0, 0.1) is 5.82 Å². The molecule has 0 bridgehead atoms. The van der Waals surface area contributed by atoms with Gasteiger partial charge < -0.3 is 4.84 Å². The Bertz CT molecular complexity index is 448. The van der Waals surface area contributed by atoms with Crippen LogP contribution in [0.25, 0.3) is 0 Å². The fourth-order valence-corrected chi connectivity index (χ4v) is 2.26. The van der Waals surface area contributed by atoms with Gasteiger partial charge in [0, 0.05) is 11.4 Å². The maximum atomic E-state index is 13.3. The smallest absolute Gasteiger partial charge is 0.338 e. The first-order chi connectivity index (χ1) is 8.27. The van der Waals surface area contributed by atoms with E-state index in [1.165, 1.54) is 18.2 Å². The molecule has 1 aromatic rings. The van der Waals surface area contributed by atoms with E-state index >= 15 is 0 Å². The minimum absolute atomic E-state index is 0.0641. The van der Waals surface area contributed by atoms with Gasteiger partial charge in [-0.25, -0.2) is 14.7 Å². The summed E-state index contributed by atoms with van der Waals surface area (Å²) in [4.78, 5) is 16.4. The number of carbonyl (C=O) groups is 1. The number of rotatable bonds is 3. The Morgan fingerprint density at radius 1 is 1.41 bits per heavy atom. The Kier molecular flexibility index (Phi) is 4.03. The number of thioether (sulfide) groups is 1. The second-order valence-electron chi connectivity index (χ2n) is 3.53. The molecule has 90 valence electrons. The van der Waals surface area contributed by atoms with E-state index in [2.05, 4.69) is 5.48 Å². The normalized spacial score (nSPS) is 15.0. The van der Waals surface area contributed by atoms with Crippen LogP contribution in [0.4, 0.5) is 4.39 Å². The molecule has 0 aromatic heterocycles. The van der Waals surface area contributed by atoms with Crippen LogP contribution in [0.3, 0.4) is 0 Å². The number of hydrogen-bond acceptors (Lipinski definition) is 4. The van der Waals surface area contributed by atoms with E-state index in [-0.39, 0.29) is 5.56 Å². The molecule has 0 radical (unpaired) electrons. The zero-order valence-corrected chi connectivity index (χ0v) is 9.93. The Morgan fingerprint density at radius 2 is 2.24 bits per heavy atom. The summed E-state index contributed by atoms with van der Waals surface area (Å²) >= 11 is 1.81. The van der Waals surface area contributed by atoms with E-state index in [4.69, 9.17) is 4.84 Å². The predicted molar refractivity (Wildman–Crippen MR) is 65.0 cm³/mol. The number of hydrogen-bond donors (Lipinski definition) is 1. The fraction of sp³-hybridized carbons (Fsp3) is 0.250. The van der Waals surface area contributed by atoms with Crippen LogP contribution in [0.2, 0.25) is 0 Å². The van der Waals surface area contributed by atoms with Crippen LogP contribution in [0.15, 0.2) is 36.0 Å². The Morgan fingerprint density at radius 3 is 2.94 bits per heavy atom. The molecule has 0 unspecified atom stereocenters. The van der Waals surface area contributed by atoms with Crippen LogP contribution in [-0.2, 0) is 4.84 Å². The molecule has 0 spiro atoms. The van der Waals surface area contributed by atoms with Gasteiger partial charge in [0.05, 0.1) is 5.56 Å². The van der Waals surface area contributed by atoms with Gasteiger partial charge in [0.2, 0.25) is 0 Å². The summed E-state index contributed by atoms with van der Waals surface area (Å²) < 4.78 is 13.3. The molecule has 0 saturated heterocycles.